The molecule has 154 valence electrons. The van der Waals surface area contributed by atoms with Crippen LogP contribution in [0.15, 0.2) is 29.3 Å². The number of ether oxygens (including phenoxy) is 1. The molecule has 0 atom stereocenters. The van der Waals surface area contributed by atoms with Gasteiger partial charge in [-0.25, -0.2) is 4.39 Å². The summed E-state index contributed by atoms with van der Waals surface area (Å²) >= 11 is 0. The van der Waals surface area contributed by atoms with E-state index >= 15 is 0 Å². The Kier molecular flexibility index (Phi) is 12.4. The lowest BCUT2D eigenvalue weighted by molar-refractivity contribution is 0.203. The summed E-state index contributed by atoms with van der Waals surface area (Å²) in [4.78, 5) is 9.16. The molecule has 2 rings (SSSR count). The lowest BCUT2D eigenvalue weighted by atomic mass is 10.2. The van der Waals surface area contributed by atoms with Gasteiger partial charge in [-0.1, -0.05) is 12.1 Å². The minimum atomic E-state index is -0.132. The molecular weight excluding hydrogens is 460 g/mol. The van der Waals surface area contributed by atoms with Gasteiger partial charge in [0.05, 0.1) is 12.3 Å². The van der Waals surface area contributed by atoms with Crippen molar-refractivity contribution in [1.82, 2.24) is 15.5 Å². The number of anilines is 1. The Morgan fingerprint density at radius 2 is 1.93 bits per heavy atom. The van der Waals surface area contributed by atoms with Crippen molar-refractivity contribution in [3.8, 4) is 0 Å². The molecule has 1 aliphatic heterocycles. The van der Waals surface area contributed by atoms with E-state index in [0.29, 0.717) is 12.3 Å². The fourth-order valence-electron chi connectivity index (χ4n) is 3.02. The molecule has 0 amide bonds. The topological polar surface area (TPSA) is 52.1 Å². The second-order valence-corrected chi connectivity index (χ2v) is 6.31. The van der Waals surface area contributed by atoms with E-state index < -0.39 is 0 Å². The first-order chi connectivity index (χ1) is 12.7. The van der Waals surface area contributed by atoms with Gasteiger partial charge < -0.3 is 20.3 Å². The summed E-state index contributed by atoms with van der Waals surface area (Å²) in [6.45, 7) is 9.78. The van der Waals surface area contributed by atoms with Crippen molar-refractivity contribution in [2.24, 2.45) is 4.99 Å². The van der Waals surface area contributed by atoms with E-state index in [1.807, 2.05) is 12.1 Å². The van der Waals surface area contributed by atoms with Crippen molar-refractivity contribution < 1.29 is 9.13 Å². The van der Waals surface area contributed by atoms with Crippen LogP contribution in [0.3, 0.4) is 0 Å². The molecule has 1 heterocycles. The number of rotatable bonds is 9. The fourth-order valence-corrected chi connectivity index (χ4v) is 3.02. The molecule has 1 aromatic carbocycles. The van der Waals surface area contributed by atoms with Gasteiger partial charge in [-0.2, -0.15) is 0 Å². The third kappa shape index (κ3) is 8.61. The molecule has 2 N–H and O–H groups in total. The van der Waals surface area contributed by atoms with Crippen molar-refractivity contribution in [2.75, 3.05) is 71.0 Å². The number of hydrogen-bond donors (Lipinski definition) is 2. The number of aliphatic imine (C=N–C) groups is 1. The molecule has 1 saturated heterocycles. The summed E-state index contributed by atoms with van der Waals surface area (Å²) < 4.78 is 18.9. The Morgan fingerprint density at radius 3 is 2.59 bits per heavy atom. The standard InChI is InChI=1S/C19H32FN5O.HI/c1-3-21-19(23-10-16-26-2)22-9-6-11-24-12-14-25(15-13-24)18-8-5-4-7-17(18)20;/h4-5,7-8H,3,6,9-16H2,1-2H3,(H2,21,22,23);1H. The van der Waals surface area contributed by atoms with Gasteiger partial charge in [0.1, 0.15) is 5.82 Å². The maximum Gasteiger partial charge on any atom is 0.191 e. The minimum Gasteiger partial charge on any atom is -0.383 e. The normalized spacial score (nSPS) is 15.4. The summed E-state index contributed by atoms with van der Waals surface area (Å²) in [5.74, 6) is 0.709. The molecule has 0 radical (unpaired) electrons. The first kappa shape index (κ1) is 23.9. The molecule has 0 saturated carbocycles. The Morgan fingerprint density at radius 1 is 1.19 bits per heavy atom. The average Bonchev–Trinajstić information content (AvgIpc) is 2.66. The number of halogens is 2. The number of guanidine groups is 1. The molecule has 0 aliphatic carbocycles. The van der Waals surface area contributed by atoms with Crippen molar-refractivity contribution in [3.63, 3.8) is 0 Å². The van der Waals surface area contributed by atoms with Gasteiger partial charge in [-0.05, 0) is 25.5 Å². The molecule has 0 spiro atoms. The van der Waals surface area contributed by atoms with E-state index in [1.165, 1.54) is 6.07 Å². The van der Waals surface area contributed by atoms with Crippen molar-refractivity contribution in [1.29, 1.82) is 0 Å². The minimum absolute atomic E-state index is 0. The number of nitrogens with one attached hydrogen (secondary N) is 2. The highest BCUT2D eigenvalue weighted by molar-refractivity contribution is 14.0. The van der Waals surface area contributed by atoms with Crippen LogP contribution in [0, 0.1) is 5.82 Å². The van der Waals surface area contributed by atoms with Crippen LogP contribution in [0.2, 0.25) is 0 Å². The van der Waals surface area contributed by atoms with Gasteiger partial charge in [-0.3, -0.25) is 9.89 Å². The molecule has 0 unspecified atom stereocenters. The highest BCUT2D eigenvalue weighted by atomic mass is 127. The molecule has 1 aromatic rings. The van der Waals surface area contributed by atoms with Gasteiger partial charge in [0, 0.05) is 59.5 Å². The molecule has 1 aliphatic rings. The van der Waals surface area contributed by atoms with Crippen molar-refractivity contribution in [2.45, 2.75) is 13.3 Å². The van der Waals surface area contributed by atoms with E-state index in [4.69, 9.17) is 4.74 Å². The number of methoxy groups -OCH3 is 1. The van der Waals surface area contributed by atoms with Gasteiger partial charge in [-0.15, -0.1) is 24.0 Å². The predicted octanol–water partition coefficient (Wildman–Crippen LogP) is 2.16. The Bertz CT molecular complexity index is 553. The first-order valence-electron chi connectivity index (χ1n) is 9.47. The highest BCUT2D eigenvalue weighted by Gasteiger charge is 2.18. The highest BCUT2D eigenvalue weighted by Crippen LogP contribution is 2.20. The lowest BCUT2D eigenvalue weighted by Crippen LogP contribution is -2.47. The molecule has 27 heavy (non-hydrogen) atoms. The number of piperazine rings is 1. The van der Waals surface area contributed by atoms with Crippen molar-refractivity contribution >= 4 is 35.6 Å². The zero-order valence-corrected chi connectivity index (χ0v) is 18.7. The SMILES string of the molecule is CCNC(=NCCCN1CCN(c2ccccc2F)CC1)NCCOC.I. The van der Waals surface area contributed by atoms with Gasteiger partial charge in [0.25, 0.3) is 0 Å². The summed E-state index contributed by atoms with van der Waals surface area (Å²) in [6.07, 6.45) is 1.01. The zero-order valence-electron chi connectivity index (χ0n) is 16.4. The van der Waals surface area contributed by atoms with E-state index in [0.717, 1.165) is 64.7 Å². The number of benzene rings is 1. The maximum atomic E-state index is 13.9. The lowest BCUT2D eigenvalue weighted by Gasteiger charge is -2.36. The second kappa shape index (κ2) is 14.0. The Hall–Kier alpha value is -1.13. The van der Waals surface area contributed by atoms with E-state index in [9.17, 15) is 4.39 Å². The monoisotopic (exact) mass is 493 g/mol. The van der Waals surface area contributed by atoms with Crippen LogP contribution in [0.4, 0.5) is 10.1 Å². The molecule has 0 aromatic heterocycles. The molecule has 1 fully saturated rings. The largest absolute Gasteiger partial charge is 0.383 e. The van der Waals surface area contributed by atoms with Crippen LogP contribution in [0.25, 0.3) is 0 Å². The summed E-state index contributed by atoms with van der Waals surface area (Å²) in [5, 5.41) is 6.48. The number of nitrogens with zero attached hydrogens (tertiary/aromatic N) is 3. The molecule has 6 nitrogen and oxygen atoms in total. The predicted molar refractivity (Wildman–Crippen MR) is 121 cm³/mol. The van der Waals surface area contributed by atoms with Crippen LogP contribution in [0.1, 0.15) is 13.3 Å². The number of para-hydroxylation sites is 1. The van der Waals surface area contributed by atoms with Crippen LogP contribution in [-0.2, 0) is 4.74 Å². The van der Waals surface area contributed by atoms with E-state index in [-0.39, 0.29) is 29.8 Å². The summed E-state index contributed by atoms with van der Waals surface area (Å²) in [6, 6.07) is 7.02. The van der Waals surface area contributed by atoms with Gasteiger partial charge in [0.15, 0.2) is 5.96 Å². The smallest absolute Gasteiger partial charge is 0.191 e. The van der Waals surface area contributed by atoms with Crippen LogP contribution >= 0.6 is 24.0 Å². The second-order valence-electron chi connectivity index (χ2n) is 6.31. The summed E-state index contributed by atoms with van der Waals surface area (Å²) in [7, 11) is 1.69. The summed E-state index contributed by atoms with van der Waals surface area (Å²) in [5.41, 5.74) is 0.717. The van der Waals surface area contributed by atoms with Crippen molar-refractivity contribution in [3.05, 3.63) is 30.1 Å². The van der Waals surface area contributed by atoms with E-state index in [2.05, 4.69) is 32.3 Å². The van der Waals surface area contributed by atoms with Gasteiger partial charge >= 0.3 is 0 Å². The third-order valence-corrected chi connectivity index (χ3v) is 4.41. The Labute approximate surface area is 179 Å². The van der Waals surface area contributed by atoms with Gasteiger partial charge in [0.2, 0.25) is 0 Å². The molecule has 8 heteroatoms. The Balaban J connectivity index is 0.00000364. The van der Waals surface area contributed by atoms with E-state index in [1.54, 1.807) is 13.2 Å². The maximum absolute atomic E-state index is 13.9. The quantitative estimate of drug-likeness (QED) is 0.239. The third-order valence-electron chi connectivity index (χ3n) is 4.41. The zero-order chi connectivity index (χ0) is 18.6. The first-order valence-corrected chi connectivity index (χ1v) is 9.47. The number of hydrogen-bond acceptors (Lipinski definition) is 4. The average molecular weight is 493 g/mol. The van der Waals surface area contributed by atoms with Crippen LogP contribution in [0.5, 0.6) is 0 Å². The molecule has 0 bridgehead atoms. The van der Waals surface area contributed by atoms with Crippen LogP contribution < -0.4 is 15.5 Å². The fraction of sp³-hybridized carbons (Fsp3) is 0.632. The van der Waals surface area contributed by atoms with Crippen LogP contribution in [-0.4, -0.2) is 76.9 Å². The molecular formula is C19H33FIN5O.